The second kappa shape index (κ2) is 7.85. The number of piperazine rings is 1. The van der Waals surface area contributed by atoms with Crippen molar-refractivity contribution in [3.05, 3.63) is 35.4 Å². The van der Waals surface area contributed by atoms with Gasteiger partial charge in [-0.2, -0.15) is 0 Å². The Labute approximate surface area is 150 Å². The van der Waals surface area contributed by atoms with E-state index in [1.54, 1.807) is 0 Å². The number of ether oxygens (including phenoxy) is 1. The predicted octanol–water partition coefficient (Wildman–Crippen LogP) is 1.57. The van der Waals surface area contributed by atoms with Crippen molar-refractivity contribution in [3.8, 4) is 0 Å². The number of aryl methyl sites for hydroxylation is 1. The van der Waals surface area contributed by atoms with E-state index in [1.165, 1.54) is 11.1 Å². The van der Waals surface area contributed by atoms with Crippen LogP contribution in [0.15, 0.2) is 24.3 Å². The highest BCUT2D eigenvalue weighted by molar-refractivity contribution is 5.91. The number of benzene rings is 1. The molecule has 1 saturated carbocycles. The number of carbonyl (C=O) groups excluding carboxylic acids is 1. The fraction of sp³-hybridized carbons (Fsp3) is 0.650. The van der Waals surface area contributed by atoms with Gasteiger partial charge in [-0.15, -0.1) is 0 Å². The van der Waals surface area contributed by atoms with E-state index < -0.39 is 6.10 Å². The number of rotatable bonds is 7. The Morgan fingerprint density at radius 2 is 1.92 bits per heavy atom. The van der Waals surface area contributed by atoms with Gasteiger partial charge in [0.05, 0.1) is 18.1 Å². The van der Waals surface area contributed by atoms with Crippen LogP contribution in [0.1, 0.15) is 30.9 Å². The van der Waals surface area contributed by atoms with Crippen LogP contribution in [0.2, 0.25) is 0 Å². The highest BCUT2D eigenvalue weighted by Gasteiger charge is 2.53. The Hall–Kier alpha value is -1.43. The highest BCUT2D eigenvalue weighted by Crippen LogP contribution is 2.50. The molecule has 0 aromatic heterocycles. The van der Waals surface area contributed by atoms with E-state index in [0.29, 0.717) is 19.8 Å². The number of hydrogen-bond donors (Lipinski definition) is 1. The SMILES string of the molecule is CCOC[C@@H](O)CN1CCN(C(=O)C2(c3ccccc3C)CC2)CC1. The van der Waals surface area contributed by atoms with Crippen LogP contribution in [0.5, 0.6) is 0 Å². The number of aliphatic hydroxyl groups is 1. The molecule has 25 heavy (non-hydrogen) atoms. The molecular formula is C20H30N2O3. The molecule has 2 aliphatic rings. The third-order valence-electron chi connectivity index (χ3n) is 5.46. The van der Waals surface area contributed by atoms with Crippen molar-refractivity contribution in [1.82, 2.24) is 9.80 Å². The first kappa shape index (κ1) is 18.4. The topological polar surface area (TPSA) is 53.0 Å². The van der Waals surface area contributed by atoms with Crippen LogP contribution in [0.25, 0.3) is 0 Å². The summed E-state index contributed by atoms with van der Waals surface area (Å²) in [5, 5.41) is 9.98. The minimum Gasteiger partial charge on any atom is -0.389 e. The lowest BCUT2D eigenvalue weighted by atomic mass is 9.90. The Kier molecular flexibility index (Phi) is 5.77. The zero-order valence-corrected chi connectivity index (χ0v) is 15.4. The maximum absolute atomic E-state index is 13.1. The van der Waals surface area contributed by atoms with E-state index >= 15 is 0 Å². The molecule has 0 bridgehead atoms. The van der Waals surface area contributed by atoms with Gasteiger partial charge >= 0.3 is 0 Å². The summed E-state index contributed by atoms with van der Waals surface area (Å²) in [5.41, 5.74) is 2.14. The molecule has 138 valence electrons. The molecule has 2 fully saturated rings. The molecule has 5 heteroatoms. The van der Waals surface area contributed by atoms with Gasteiger partial charge in [-0.25, -0.2) is 0 Å². The van der Waals surface area contributed by atoms with Crippen LogP contribution >= 0.6 is 0 Å². The molecule has 1 aliphatic heterocycles. The van der Waals surface area contributed by atoms with Crippen LogP contribution in [0.3, 0.4) is 0 Å². The molecule has 5 nitrogen and oxygen atoms in total. The fourth-order valence-electron chi connectivity index (χ4n) is 3.87. The average molecular weight is 346 g/mol. The molecule has 0 radical (unpaired) electrons. The van der Waals surface area contributed by atoms with Crippen LogP contribution < -0.4 is 0 Å². The predicted molar refractivity (Wildman–Crippen MR) is 97.6 cm³/mol. The molecule has 0 spiro atoms. The van der Waals surface area contributed by atoms with Gasteiger partial charge in [-0.3, -0.25) is 9.69 Å². The lowest BCUT2D eigenvalue weighted by molar-refractivity contribution is -0.136. The van der Waals surface area contributed by atoms with Gasteiger partial charge in [0.15, 0.2) is 0 Å². The van der Waals surface area contributed by atoms with E-state index in [4.69, 9.17) is 4.74 Å². The number of aliphatic hydroxyl groups excluding tert-OH is 1. The average Bonchev–Trinajstić information content (AvgIpc) is 3.42. The van der Waals surface area contributed by atoms with Crippen molar-refractivity contribution in [1.29, 1.82) is 0 Å². The van der Waals surface area contributed by atoms with Gasteiger partial charge in [0.25, 0.3) is 0 Å². The van der Waals surface area contributed by atoms with Crippen molar-refractivity contribution < 1.29 is 14.6 Å². The summed E-state index contributed by atoms with van der Waals surface area (Å²) < 4.78 is 5.27. The Bertz CT molecular complexity index is 592. The summed E-state index contributed by atoms with van der Waals surface area (Å²) in [6.45, 7) is 8.77. The lowest BCUT2D eigenvalue weighted by Gasteiger charge is -2.37. The Morgan fingerprint density at radius 1 is 1.24 bits per heavy atom. The van der Waals surface area contributed by atoms with Crippen molar-refractivity contribution in [2.75, 3.05) is 45.9 Å². The summed E-state index contributed by atoms with van der Waals surface area (Å²) in [7, 11) is 0. The van der Waals surface area contributed by atoms with Gasteiger partial charge < -0.3 is 14.7 Å². The molecule has 1 aromatic carbocycles. The molecule has 1 heterocycles. The van der Waals surface area contributed by atoms with Crippen molar-refractivity contribution in [2.45, 2.75) is 38.2 Å². The first-order chi connectivity index (χ1) is 12.1. The zero-order chi connectivity index (χ0) is 17.9. The van der Waals surface area contributed by atoms with Gasteiger partial charge in [0.2, 0.25) is 5.91 Å². The maximum atomic E-state index is 13.1. The van der Waals surface area contributed by atoms with Crippen LogP contribution in [-0.2, 0) is 14.9 Å². The molecule has 0 unspecified atom stereocenters. The number of β-amino-alcohol motifs (C(OH)–C–C–N with tert-alkyl or cyclic N) is 1. The van der Waals surface area contributed by atoms with E-state index in [2.05, 4.69) is 24.0 Å². The van der Waals surface area contributed by atoms with Gasteiger partial charge in [0.1, 0.15) is 0 Å². The number of carbonyl (C=O) groups is 1. The first-order valence-corrected chi connectivity index (χ1v) is 9.40. The third kappa shape index (κ3) is 4.05. The van der Waals surface area contributed by atoms with E-state index in [9.17, 15) is 9.90 Å². The fourth-order valence-corrected chi connectivity index (χ4v) is 3.87. The smallest absolute Gasteiger partial charge is 0.233 e. The lowest BCUT2D eigenvalue weighted by Crippen LogP contribution is -2.53. The van der Waals surface area contributed by atoms with Crippen molar-refractivity contribution in [3.63, 3.8) is 0 Å². The second-order valence-electron chi connectivity index (χ2n) is 7.30. The molecule has 1 amide bonds. The quantitative estimate of drug-likeness (QED) is 0.814. The first-order valence-electron chi connectivity index (χ1n) is 9.40. The molecular weight excluding hydrogens is 316 g/mol. The summed E-state index contributed by atoms with van der Waals surface area (Å²) in [5.74, 6) is 0.288. The van der Waals surface area contributed by atoms with E-state index in [1.807, 2.05) is 24.0 Å². The molecule has 1 aliphatic carbocycles. The van der Waals surface area contributed by atoms with Gasteiger partial charge in [-0.05, 0) is 37.8 Å². The van der Waals surface area contributed by atoms with Gasteiger partial charge in [0, 0.05) is 39.3 Å². The van der Waals surface area contributed by atoms with Gasteiger partial charge in [-0.1, -0.05) is 24.3 Å². The standard InChI is InChI=1S/C20H30N2O3/c1-3-25-15-17(23)14-21-10-12-22(13-11-21)19(24)20(8-9-20)18-7-5-4-6-16(18)2/h4-7,17,23H,3,8-15H2,1-2H3/t17-/m0/s1. The van der Waals surface area contributed by atoms with E-state index in [-0.39, 0.29) is 11.3 Å². The molecule has 1 saturated heterocycles. The minimum atomic E-state index is -0.455. The maximum Gasteiger partial charge on any atom is 0.233 e. The van der Waals surface area contributed by atoms with Crippen molar-refractivity contribution >= 4 is 5.91 Å². The highest BCUT2D eigenvalue weighted by atomic mass is 16.5. The van der Waals surface area contributed by atoms with Crippen LogP contribution in [-0.4, -0.2) is 72.9 Å². The third-order valence-corrected chi connectivity index (χ3v) is 5.46. The molecule has 1 N–H and O–H groups in total. The normalized spacial score (nSPS) is 21.2. The number of amides is 1. The second-order valence-corrected chi connectivity index (χ2v) is 7.30. The number of nitrogens with zero attached hydrogens (tertiary/aromatic N) is 2. The molecule has 1 aromatic rings. The summed E-state index contributed by atoms with van der Waals surface area (Å²) in [4.78, 5) is 17.4. The number of hydrogen-bond acceptors (Lipinski definition) is 4. The monoisotopic (exact) mass is 346 g/mol. The van der Waals surface area contributed by atoms with Crippen LogP contribution in [0.4, 0.5) is 0 Å². The molecule has 1 atom stereocenters. The van der Waals surface area contributed by atoms with E-state index in [0.717, 1.165) is 39.0 Å². The van der Waals surface area contributed by atoms with Crippen LogP contribution in [0, 0.1) is 6.92 Å². The largest absolute Gasteiger partial charge is 0.389 e. The minimum absolute atomic E-state index is 0.276. The zero-order valence-electron chi connectivity index (χ0n) is 15.4. The Balaban J connectivity index is 1.55. The summed E-state index contributed by atoms with van der Waals surface area (Å²) >= 11 is 0. The summed E-state index contributed by atoms with van der Waals surface area (Å²) in [6.07, 6.45) is 1.47. The van der Waals surface area contributed by atoms with Crippen molar-refractivity contribution in [2.24, 2.45) is 0 Å². The molecule has 3 rings (SSSR count). The summed E-state index contributed by atoms with van der Waals surface area (Å²) in [6, 6.07) is 8.28. The Morgan fingerprint density at radius 3 is 2.52 bits per heavy atom.